The van der Waals surface area contributed by atoms with Crippen molar-refractivity contribution in [3.63, 3.8) is 0 Å². The van der Waals surface area contributed by atoms with Gasteiger partial charge in [0.05, 0.1) is 0 Å². The summed E-state index contributed by atoms with van der Waals surface area (Å²) in [7, 11) is 0. The molecule has 0 bridgehead atoms. The molecular weight excluding hydrogens is 356 g/mol. The number of hydrogen-bond acceptors (Lipinski definition) is 5. The molecule has 1 fully saturated rings. The largest absolute Gasteiger partial charge is 0.481 e. The summed E-state index contributed by atoms with van der Waals surface area (Å²) in [6, 6.07) is 8.65. The number of likely N-dealkylation sites (tertiary alicyclic amines) is 1. The summed E-state index contributed by atoms with van der Waals surface area (Å²) in [6.45, 7) is 2.46. The molecule has 26 heavy (non-hydrogen) atoms. The summed E-state index contributed by atoms with van der Waals surface area (Å²) in [6.07, 6.45) is -0.143. The Morgan fingerprint density at radius 3 is 2.69 bits per heavy atom. The van der Waals surface area contributed by atoms with Crippen LogP contribution in [-0.4, -0.2) is 52.4 Å². The topological polar surface area (TPSA) is 95.9 Å². The van der Waals surface area contributed by atoms with Gasteiger partial charge < -0.3 is 15.2 Å². The number of rotatable bonds is 7. The summed E-state index contributed by atoms with van der Waals surface area (Å²) in [5.41, 5.74) is 0.867. The van der Waals surface area contributed by atoms with Crippen LogP contribution in [0.5, 0.6) is 0 Å². The minimum atomic E-state index is -0.908. The molecule has 1 heterocycles. The molecule has 2 rings (SSSR count). The van der Waals surface area contributed by atoms with Gasteiger partial charge in [0.15, 0.2) is 0 Å². The van der Waals surface area contributed by atoms with Gasteiger partial charge in [-0.2, -0.15) is 12.6 Å². The first-order valence-corrected chi connectivity index (χ1v) is 9.03. The van der Waals surface area contributed by atoms with E-state index in [1.165, 1.54) is 4.90 Å². The Balaban J connectivity index is 1.88. The zero-order valence-electron chi connectivity index (χ0n) is 14.6. The maximum Gasteiger partial charge on any atom is 0.410 e. The number of nitrogens with zero attached hydrogens (tertiary/aromatic N) is 1. The normalized spacial score (nSPS) is 20.5. The Kier molecular flexibility index (Phi) is 7.32. The number of aliphatic carboxylic acids is 1. The Bertz CT molecular complexity index is 640. The number of carboxylic acids is 1. The Morgan fingerprint density at radius 2 is 2.04 bits per heavy atom. The van der Waals surface area contributed by atoms with Crippen LogP contribution in [0, 0.1) is 5.92 Å². The Hall–Kier alpha value is -2.22. The first-order chi connectivity index (χ1) is 12.4. The van der Waals surface area contributed by atoms with Crippen LogP contribution in [0.25, 0.3) is 0 Å². The van der Waals surface area contributed by atoms with E-state index in [1.807, 2.05) is 30.3 Å². The molecule has 1 aromatic rings. The second-order valence-electron chi connectivity index (χ2n) is 6.55. The first-order valence-electron chi connectivity index (χ1n) is 8.51. The van der Waals surface area contributed by atoms with Crippen LogP contribution in [0.15, 0.2) is 30.3 Å². The second kappa shape index (κ2) is 9.47. The SMILES string of the molecule is C[C@H](CNC(=O)[C@@H]1C[C@@H](S)CN1C(=O)OCc1ccccc1)CC(=O)O. The van der Waals surface area contributed by atoms with Crippen molar-refractivity contribution < 1.29 is 24.2 Å². The quantitative estimate of drug-likeness (QED) is 0.628. The molecule has 0 unspecified atom stereocenters. The smallest absolute Gasteiger partial charge is 0.410 e. The predicted molar refractivity (Wildman–Crippen MR) is 98.9 cm³/mol. The van der Waals surface area contributed by atoms with Gasteiger partial charge in [-0.1, -0.05) is 37.3 Å². The molecule has 7 nitrogen and oxygen atoms in total. The van der Waals surface area contributed by atoms with Crippen LogP contribution in [0.3, 0.4) is 0 Å². The zero-order valence-corrected chi connectivity index (χ0v) is 15.5. The van der Waals surface area contributed by atoms with Crippen LogP contribution < -0.4 is 5.32 Å². The number of benzene rings is 1. The summed E-state index contributed by atoms with van der Waals surface area (Å²) < 4.78 is 5.31. The van der Waals surface area contributed by atoms with Crippen molar-refractivity contribution in [1.29, 1.82) is 0 Å². The third-order valence-corrected chi connectivity index (χ3v) is 4.54. The number of amides is 2. The van der Waals surface area contributed by atoms with E-state index >= 15 is 0 Å². The van der Waals surface area contributed by atoms with Gasteiger partial charge in [-0.15, -0.1) is 0 Å². The van der Waals surface area contributed by atoms with Crippen LogP contribution in [-0.2, 0) is 20.9 Å². The molecule has 2 amide bonds. The zero-order chi connectivity index (χ0) is 19.1. The molecule has 8 heteroatoms. The van der Waals surface area contributed by atoms with E-state index in [2.05, 4.69) is 17.9 Å². The number of thiol groups is 1. The average Bonchev–Trinajstić information content (AvgIpc) is 3.00. The molecule has 0 saturated carbocycles. The van der Waals surface area contributed by atoms with Crippen LogP contribution in [0.2, 0.25) is 0 Å². The van der Waals surface area contributed by atoms with E-state index in [-0.39, 0.29) is 36.6 Å². The fraction of sp³-hybridized carbons (Fsp3) is 0.500. The van der Waals surface area contributed by atoms with Crippen molar-refractivity contribution in [1.82, 2.24) is 10.2 Å². The van der Waals surface area contributed by atoms with E-state index in [4.69, 9.17) is 9.84 Å². The minimum absolute atomic E-state index is 0.0248. The van der Waals surface area contributed by atoms with E-state index in [1.54, 1.807) is 6.92 Å². The van der Waals surface area contributed by atoms with Crippen molar-refractivity contribution in [3.05, 3.63) is 35.9 Å². The molecular formula is C18H24N2O5S. The molecule has 3 atom stereocenters. The van der Waals surface area contributed by atoms with Crippen molar-refractivity contribution in [3.8, 4) is 0 Å². The predicted octanol–water partition coefficient (Wildman–Crippen LogP) is 1.92. The summed E-state index contributed by atoms with van der Waals surface area (Å²) >= 11 is 4.39. The highest BCUT2D eigenvalue weighted by molar-refractivity contribution is 7.81. The van der Waals surface area contributed by atoms with Crippen molar-refractivity contribution in [2.45, 2.75) is 37.7 Å². The molecule has 1 aliphatic rings. The summed E-state index contributed by atoms with van der Waals surface area (Å²) in [5, 5.41) is 11.4. The van der Waals surface area contributed by atoms with Crippen molar-refractivity contribution >= 4 is 30.6 Å². The monoisotopic (exact) mass is 380 g/mol. The lowest BCUT2D eigenvalue weighted by atomic mass is 10.1. The fourth-order valence-electron chi connectivity index (χ4n) is 2.83. The van der Waals surface area contributed by atoms with Gasteiger partial charge in [0.25, 0.3) is 0 Å². The number of hydrogen-bond donors (Lipinski definition) is 3. The number of ether oxygens (including phenoxy) is 1. The lowest BCUT2D eigenvalue weighted by Gasteiger charge is -2.23. The summed E-state index contributed by atoms with van der Waals surface area (Å²) in [5.74, 6) is -1.41. The molecule has 2 N–H and O–H groups in total. The third-order valence-electron chi connectivity index (χ3n) is 4.17. The first kappa shape index (κ1) is 20.1. The second-order valence-corrected chi connectivity index (χ2v) is 7.28. The molecule has 0 radical (unpaired) electrons. The van der Waals surface area contributed by atoms with E-state index in [0.717, 1.165) is 5.56 Å². The Morgan fingerprint density at radius 1 is 1.35 bits per heavy atom. The number of nitrogens with one attached hydrogen (secondary N) is 1. The summed E-state index contributed by atoms with van der Waals surface area (Å²) in [4.78, 5) is 36.9. The minimum Gasteiger partial charge on any atom is -0.481 e. The molecule has 0 aliphatic carbocycles. The highest BCUT2D eigenvalue weighted by atomic mass is 32.1. The highest BCUT2D eigenvalue weighted by Crippen LogP contribution is 2.23. The molecule has 0 aromatic heterocycles. The van der Waals surface area contributed by atoms with E-state index in [9.17, 15) is 14.4 Å². The van der Waals surface area contributed by atoms with E-state index in [0.29, 0.717) is 13.0 Å². The van der Waals surface area contributed by atoms with Gasteiger partial charge >= 0.3 is 12.1 Å². The van der Waals surface area contributed by atoms with E-state index < -0.39 is 18.1 Å². The number of carbonyl (C=O) groups is 3. The lowest BCUT2D eigenvalue weighted by Crippen LogP contribution is -2.47. The van der Waals surface area contributed by atoms with Crippen LogP contribution in [0.1, 0.15) is 25.3 Å². The van der Waals surface area contributed by atoms with Gasteiger partial charge in [-0.3, -0.25) is 14.5 Å². The fourth-order valence-corrected chi connectivity index (χ4v) is 3.20. The standard InChI is InChI=1S/C18H24N2O5S/c1-12(7-16(21)22)9-19-17(23)15-8-14(26)10-20(15)18(24)25-11-13-5-3-2-4-6-13/h2-6,12,14-15,26H,7-11H2,1H3,(H,19,23)(H,21,22)/t12-,14+,15-/m0/s1. The highest BCUT2D eigenvalue weighted by Gasteiger charge is 2.39. The number of carbonyl (C=O) groups excluding carboxylic acids is 2. The Labute approximate surface area is 158 Å². The molecule has 1 aromatic carbocycles. The van der Waals surface area contributed by atoms with Gasteiger partial charge in [0.1, 0.15) is 12.6 Å². The number of carboxylic acid groups (broad SMARTS) is 1. The molecule has 142 valence electrons. The average molecular weight is 380 g/mol. The van der Waals surface area contributed by atoms with Gasteiger partial charge in [-0.05, 0) is 17.9 Å². The van der Waals surface area contributed by atoms with Gasteiger partial charge in [0, 0.05) is 24.8 Å². The molecule has 0 spiro atoms. The van der Waals surface area contributed by atoms with Crippen LogP contribution >= 0.6 is 12.6 Å². The maximum atomic E-state index is 12.4. The van der Waals surface area contributed by atoms with Gasteiger partial charge in [0.2, 0.25) is 5.91 Å². The maximum absolute atomic E-state index is 12.4. The van der Waals surface area contributed by atoms with Crippen LogP contribution in [0.4, 0.5) is 4.79 Å². The molecule has 1 aliphatic heterocycles. The lowest BCUT2D eigenvalue weighted by molar-refractivity contribution is -0.138. The molecule has 1 saturated heterocycles. The van der Waals surface area contributed by atoms with Crippen molar-refractivity contribution in [2.75, 3.05) is 13.1 Å². The van der Waals surface area contributed by atoms with Crippen molar-refractivity contribution in [2.24, 2.45) is 5.92 Å². The van der Waals surface area contributed by atoms with Gasteiger partial charge in [-0.25, -0.2) is 4.79 Å². The third kappa shape index (κ3) is 5.94.